The van der Waals surface area contributed by atoms with E-state index in [4.69, 9.17) is 5.26 Å². The first-order valence-corrected chi connectivity index (χ1v) is 9.84. The van der Waals surface area contributed by atoms with E-state index in [2.05, 4.69) is 25.8 Å². The van der Waals surface area contributed by atoms with E-state index >= 15 is 0 Å². The summed E-state index contributed by atoms with van der Waals surface area (Å²) < 4.78 is 1.63. The van der Waals surface area contributed by atoms with Gasteiger partial charge in [0.05, 0.1) is 18.6 Å². The molecule has 28 heavy (non-hydrogen) atoms. The zero-order valence-corrected chi connectivity index (χ0v) is 17.3. The van der Waals surface area contributed by atoms with E-state index in [0.29, 0.717) is 18.3 Å². The summed E-state index contributed by atoms with van der Waals surface area (Å²) in [5, 5.41) is 16.8. The number of hydrogen-bond donors (Lipinski definition) is 2. The quantitative estimate of drug-likeness (QED) is 0.106. The summed E-state index contributed by atoms with van der Waals surface area (Å²) in [5.41, 5.74) is -0.241. The molecule has 1 rings (SSSR count). The van der Waals surface area contributed by atoms with Crippen molar-refractivity contribution in [1.29, 1.82) is 5.26 Å². The molecule has 1 unspecified atom stereocenters. The van der Waals surface area contributed by atoms with Crippen LogP contribution in [0.5, 0.6) is 0 Å². The Kier molecular flexibility index (Phi) is 9.31. The fraction of sp³-hybridized carbons (Fsp3) is 0.588. The first kappa shape index (κ1) is 23.3. The number of hydrogen-bond acceptors (Lipinski definition) is 8. The molecule has 152 valence electrons. The van der Waals surface area contributed by atoms with Crippen molar-refractivity contribution < 1.29 is 9.59 Å². The number of guanidine groups is 1. The summed E-state index contributed by atoms with van der Waals surface area (Å²) in [6, 6.07) is 0. The molecule has 0 fully saturated rings. The highest BCUT2D eigenvalue weighted by Crippen LogP contribution is 2.19. The highest BCUT2D eigenvalue weighted by atomic mass is 32.2. The van der Waals surface area contributed by atoms with Crippen LogP contribution in [-0.4, -0.2) is 52.0 Å². The predicted octanol–water partition coefficient (Wildman–Crippen LogP) is 1.14. The third-order valence-electron chi connectivity index (χ3n) is 4.28. The standard InChI is InChI=1S/C17H25N7O3S/c1-5-14(25)17(3,23-27)15(26)8-24-11-22-13(12(24)2)9-28-7-6-20-16(19-4)21-10-18/h11H,5-9H2,1-4H3,(H2,19,20,21). The van der Waals surface area contributed by atoms with Gasteiger partial charge in [0.25, 0.3) is 0 Å². The minimum Gasteiger partial charge on any atom is -0.355 e. The number of nitrogens with zero attached hydrogens (tertiary/aromatic N) is 5. The van der Waals surface area contributed by atoms with Crippen molar-refractivity contribution in [1.82, 2.24) is 20.2 Å². The summed E-state index contributed by atoms with van der Waals surface area (Å²) >= 11 is 1.63. The number of nitroso groups, excluding NO2 is 1. The number of ketones is 2. The normalized spacial score (nSPS) is 13.3. The maximum Gasteiger partial charge on any atom is 0.217 e. The molecule has 0 aliphatic heterocycles. The van der Waals surface area contributed by atoms with Crippen molar-refractivity contribution in [2.24, 2.45) is 10.2 Å². The molecule has 10 nitrogen and oxygen atoms in total. The second-order valence-corrected chi connectivity index (χ2v) is 7.16. The maximum absolute atomic E-state index is 12.5. The minimum atomic E-state index is -1.86. The highest BCUT2D eigenvalue weighted by Gasteiger charge is 2.41. The number of imidazole rings is 1. The zero-order valence-electron chi connectivity index (χ0n) is 16.5. The summed E-state index contributed by atoms with van der Waals surface area (Å²) in [5.74, 6) is 0.769. The van der Waals surface area contributed by atoms with Crippen molar-refractivity contribution in [2.45, 2.75) is 45.0 Å². The van der Waals surface area contributed by atoms with E-state index < -0.39 is 17.1 Å². The largest absolute Gasteiger partial charge is 0.355 e. The van der Waals surface area contributed by atoms with Crippen LogP contribution in [0, 0.1) is 23.3 Å². The van der Waals surface area contributed by atoms with E-state index in [-0.39, 0.29) is 13.0 Å². The predicted molar refractivity (Wildman–Crippen MR) is 108 cm³/mol. The number of Topliss-reactive ketones (excluding diaryl/α,β-unsaturated/α-hetero) is 2. The van der Waals surface area contributed by atoms with Crippen LogP contribution >= 0.6 is 11.8 Å². The van der Waals surface area contributed by atoms with Gasteiger partial charge >= 0.3 is 0 Å². The second kappa shape index (κ2) is 11.2. The summed E-state index contributed by atoms with van der Waals surface area (Å²) in [4.78, 5) is 43.7. The molecule has 1 aromatic rings. The summed E-state index contributed by atoms with van der Waals surface area (Å²) in [7, 11) is 1.58. The number of carbonyl (C=O) groups is 2. The van der Waals surface area contributed by atoms with Crippen LogP contribution in [0.2, 0.25) is 0 Å². The van der Waals surface area contributed by atoms with Crippen molar-refractivity contribution in [3.8, 4) is 6.19 Å². The van der Waals surface area contributed by atoms with Gasteiger partial charge in [-0.3, -0.25) is 19.9 Å². The first-order chi connectivity index (χ1) is 13.3. The minimum absolute atomic E-state index is 0.0706. The van der Waals surface area contributed by atoms with Crippen molar-refractivity contribution in [3.63, 3.8) is 0 Å². The summed E-state index contributed by atoms with van der Waals surface area (Å²) in [6.07, 6.45) is 3.40. The molecule has 1 aromatic heterocycles. The molecule has 0 aliphatic rings. The number of carbonyl (C=O) groups excluding carboxylic acids is 2. The van der Waals surface area contributed by atoms with Gasteiger partial charge in [-0.05, 0) is 19.0 Å². The number of aliphatic imine (C=N–C) groups is 1. The van der Waals surface area contributed by atoms with Gasteiger partial charge in [0, 0.05) is 37.2 Å². The monoisotopic (exact) mass is 407 g/mol. The molecule has 0 aliphatic carbocycles. The number of rotatable bonds is 11. The van der Waals surface area contributed by atoms with Crippen molar-refractivity contribution >= 4 is 29.3 Å². The van der Waals surface area contributed by atoms with Gasteiger partial charge in [0.15, 0.2) is 17.8 Å². The number of nitrogens with one attached hydrogen (secondary N) is 2. The van der Waals surface area contributed by atoms with Gasteiger partial charge in [-0.25, -0.2) is 4.98 Å². The van der Waals surface area contributed by atoms with Crippen LogP contribution in [0.4, 0.5) is 0 Å². The molecule has 0 saturated carbocycles. The Hall–Kier alpha value is -2.74. The zero-order chi connectivity index (χ0) is 21.2. The Morgan fingerprint density at radius 3 is 2.71 bits per heavy atom. The Balaban J connectivity index is 2.60. The third-order valence-corrected chi connectivity index (χ3v) is 5.25. The summed E-state index contributed by atoms with van der Waals surface area (Å²) in [6.45, 7) is 5.18. The third kappa shape index (κ3) is 5.88. The van der Waals surface area contributed by atoms with E-state index in [1.807, 2.05) is 6.92 Å². The van der Waals surface area contributed by atoms with Crippen molar-refractivity contribution in [2.75, 3.05) is 19.3 Å². The molecular weight excluding hydrogens is 382 g/mol. The van der Waals surface area contributed by atoms with Crippen LogP contribution in [0.3, 0.4) is 0 Å². The molecule has 0 radical (unpaired) electrons. The van der Waals surface area contributed by atoms with E-state index in [0.717, 1.165) is 17.1 Å². The average Bonchev–Trinajstić information content (AvgIpc) is 3.04. The molecule has 0 aromatic carbocycles. The first-order valence-electron chi connectivity index (χ1n) is 8.69. The van der Waals surface area contributed by atoms with Gasteiger partial charge in [-0.15, -0.1) is 4.91 Å². The number of nitriles is 1. The molecule has 0 bridgehead atoms. The van der Waals surface area contributed by atoms with Gasteiger partial charge in [-0.1, -0.05) is 6.92 Å². The highest BCUT2D eigenvalue weighted by molar-refractivity contribution is 7.98. The molecule has 1 heterocycles. The molecule has 2 N–H and O–H groups in total. The Bertz CT molecular complexity index is 784. The van der Waals surface area contributed by atoms with Gasteiger partial charge < -0.3 is 9.88 Å². The Labute approximate surface area is 168 Å². The topological polar surface area (TPSA) is 142 Å². The second-order valence-electron chi connectivity index (χ2n) is 6.06. The fourth-order valence-corrected chi connectivity index (χ4v) is 3.21. The van der Waals surface area contributed by atoms with Crippen LogP contribution in [0.1, 0.15) is 31.7 Å². The lowest BCUT2D eigenvalue weighted by Crippen LogP contribution is -2.43. The Morgan fingerprint density at radius 1 is 1.43 bits per heavy atom. The molecule has 1 atom stereocenters. The smallest absolute Gasteiger partial charge is 0.217 e. The molecule has 0 spiro atoms. The lowest BCUT2D eigenvalue weighted by Gasteiger charge is -2.18. The Morgan fingerprint density at radius 2 is 2.14 bits per heavy atom. The van der Waals surface area contributed by atoms with E-state index in [1.165, 1.54) is 13.3 Å². The van der Waals surface area contributed by atoms with E-state index in [1.54, 1.807) is 36.5 Å². The molecular formula is C17H25N7O3S. The lowest BCUT2D eigenvalue weighted by atomic mass is 9.90. The van der Waals surface area contributed by atoms with Gasteiger partial charge in [-0.2, -0.15) is 17.0 Å². The molecule has 0 saturated heterocycles. The number of aromatic nitrogens is 2. The van der Waals surface area contributed by atoms with E-state index in [9.17, 15) is 14.5 Å². The SMILES string of the molecule is CCC(=O)C(C)(N=O)C(=O)Cn1cnc(CSCCNC(=NC)NC#N)c1C. The van der Waals surface area contributed by atoms with Gasteiger partial charge in [0.2, 0.25) is 11.5 Å². The fourth-order valence-electron chi connectivity index (χ4n) is 2.34. The molecule has 11 heteroatoms. The van der Waals surface area contributed by atoms with Crippen molar-refractivity contribution in [3.05, 3.63) is 22.6 Å². The average molecular weight is 408 g/mol. The number of thioether (sulfide) groups is 1. The van der Waals surface area contributed by atoms with Crippen LogP contribution in [0.25, 0.3) is 0 Å². The van der Waals surface area contributed by atoms with Gasteiger partial charge in [0.1, 0.15) is 0 Å². The molecule has 0 amide bonds. The maximum atomic E-state index is 12.5. The lowest BCUT2D eigenvalue weighted by molar-refractivity contribution is -0.134. The van der Waals surface area contributed by atoms with Crippen LogP contribution in [-0.2, 0) is 21.9 Å². The van der Waals surface area contributed by atoms with Crippen LogP contribution < -0.4 is 10.6 Å². The van der Waals surface area contributed by atoms with Crippen LogP contribution in [0.15, 0.2) is 16.5 Å².